The second-order valence-corrected chi connectivity index (χ2v) is 4.29. The van der Waals surface area contributed by atoms with Crippen LogP contribution in [0.3, 0.4) is 0 Å². The number of nitrogens with one attached hydrogen (secondary N) is 1. The number of amides is 1. The number of carbonyl (C=O) groups excluding carboxylic acids is 1. The van der Waals surface area contributed by atoms with Crippen molar-refractivity contribution in [2.24, 2.45) is 0 Å². The van der Waals surface area contributed by atoms with Crippen LogP contribution in [-0.4, -0.2) is 21.1 Å². The van der Waals surface area contributed by atoms with E-state index in [0.717, 1.165) is 16.6 Å². The molecule has 0 aliphatic rings. The third-order valence-electron chi connectivity index (χ3n) is 2.88. The molecule has 0 spiro atoms. The van der Waals surface area contributed by atoms with Crippen LogP contribution in [0, 0.1) is 0 Å². The molecule has 5 nitrogen and oxygen atoms in total. The number of hydrogen-bond donors (Lipinski definition) is 1. The summed E-state index contributed by atoms with van der Waals surface area (Å²) in [6.45, 7) is 0.369. The fraction of sp³-hybridized carbons (Fsp3) is 0.0667. The van der Waals surface area contributed by atoms with Crippen molar-refractivity contribution in [3.8, 4) is 0 Å². The molecular weight excluding hydrogens is 252 g/mol. The molecule has 0 fully saturated rings. The van der Waals surface area contributed by atoms with Gasteiger partial charge in [0, 0.05) is 11.6 Å². The van der Waals surface area contributed by atoms with Crippen LogP contribution in [0.1, 0.15) is 16.2 Å². The summed E-state index contributed by atoms with van der Waals surface area (Å²) in [5, 5.41) is 11.6. The molecule has 1 aromatic carbocycles. The van der Waals surface area contributed by atoms with Crippen molar-refractivity contribution in [2.45, 2.75) is 6.54 Å². The van der Waals surface area contributed by atoms with E-state index < -0.39 is 0 Å². The maximum Gasteiger partial charge on any atom is 0.272 e. The molecular formula is C15H12N4O. The van der Waals surface area contributed by atoms with Crippen LogP contribution in [0.5, 0.6) is 0 Å². The number of fused-ring (bicyclic) bond motifs is 1. The normalized spacial score (nSPS) is 10.4. The summed E-state index contributed by atoms with van der Waals surface area (Å²) < 4.78 is 0. The molecule has 98 valence electrons. The number of benzene rings is 1. The van der Waals surface area contributed by atoms with Crippen LogP contribution in [0.25, 0.3) is 10.9 Å². The number of carbonyl (C=O) groups is 1. The van der Waals surface area contributed by atoms with E-state index in [9.17, 15) is 4.79 Å². The van der Waals surface area contributed by atoms with Gasteiger partial charge in [0.1, 0.15) is 0 Å². The third-order valence-corrected chi connectivity index (χ3v) is 2.88. The molecule has 0 radical (unpaired) electrons. The highest BCUT2D eigenvalue weighted by atomic mass is 16.1. The Balaban J connectivity index is 1.75. The molecule has 3 rings (SSSR count). The van der Waals surface area contributed by atoms with Crippen molar-refractivity contribution in [2.75, 3.05) is 0 Å². The quantitative estimate of drug-likeness (QED) is 0.785. The Morgan fingerprint density at radius 1 is 1.05 bits per heavy atom. The molecule has 0 saturated carbocycles. The zero-order valence-electron chi connectivity index (χ0n) is 10.7. The highest BCUT2D eigenvalue weighted by Crippen LogP contribution is 2.10. The van der Waals surface area contributed by atoms with E-state index in [0.29, 0.717) is 12.2 Å². The Bertz CT molecular complexity index is 743. The van der Waals surface area contributed by atoms with Crippen LogP contribution in [-0.2, 0) is 6.54 Å². The molecule has 0 bridgehead atoms. The van der Waals surface area contributed by atoms with E-state index in [1.165, 1.54) is 0 Å². The van der Waals surface area contributed by atoms with E-state index in [1.807, 2.05) is 42.5 Å². The molecule has 2 heterocycles. The van der Waals surface area contributed by atoms with E-state index in [2.05, 4.69) is 20.5 Å². The second kappa shape index (κ2) is 5.44. The molecule has 1 N–H and O–H groups in total. The van der Waals surface area contributed by atoms with Gasteiger partial charge in [-0.15, -0.1) is 10.2 Å². The second-order valence-electron chi connectivity index (χ2n) is 4.29. The number of hydrogen-bond acceptors (Lipinski definition) is 4. The number of nitrogens with zero attached hydrogens (tertiary/aromatic N) is 3. The Hall–Kier alpha value is -2.82. The third kappa shape index (κ3) is 2.61. The highest BCUT2D eigenvalue weighted by molar-refractivity contribution is 5.95. The van der Waals surface area contributed by atoms with Crippen molar-refractivity contribution >= 4 is 16.8 Å². The van der Waals surface area contributed by atoms with Gasteiger partial charge in [0.05, 0.1) is 17.8 Å². The van der Waals surface area contributed by atoms with E-state index in [-0.39, 0.29) is 5.91 Å². The van der Waals surface area contributed by atoms with Crippen LogP contribution >= 0.6 is 0 Å². The van der Waals surface area contributed by atoms with E-state index in [1.54, 1.807) is 12.3 Å². The first-order valence-electron chi connectivity index (χ1n) is 6.23. The van der Waals surface area contributed by atoms with Gasteiger partial charge in [-0.2, -0.15) is 0 Å². The first-order chi connectivity index (χ1) is 9.83. The minimum atomic E-state index is -0.256. The summed E-state index contributed by atoms with van der Waals surface area (Å²) in [6, 6.07) is 14.8. The lowest BCUT2D eigenvalue weighted by Gasteiger charge is -2.04. The van der Waals surface area contributed by atoms with Crippen molar-refractivity contribution in [1.29, 1.82) is 0 Å². The van der Waals surface area contributed by atoms with Gasteiger partial charge in [-0.1, -0.05) is 24.3 Å². The molecule has 0 aliphatic carbocycles. The summed E-state index contributed by atoms with van der Waals surface area (Å²) in [6.07, 6.45) is 1.69. The van der Waals surface area contributed by atoms with Crippen LogP contribution in [0.15, 0.2) is 54.7 Å². The van der Waals surface area contributed by atoms with Gasteiger partial charge in [0.2, 0.25) is 0 Å². The molecule has 5 heteroatoms. The summed E-state index contributed by atoms with van der Waals surface area (Å²) in [7, 11) is 0. The number of rotatable bonds is 3. The van der Waals surface area contributed by atoms with Gasteiger partial charge in [-0.3, -0.25) is 9.78 Å². The Morgan fingerprint density at radius 3 is 2.75 bits per heavy atom. The van der Waals surface area contributed by atoms with Crippen molar-refractivity contribution < 1.29 is 4.79 Å². The van der Waals surface area contributed by atoms with Gasteiger partial charge in [-0.05, 0) is 24.3 Å². The van der Waals surface area contributed by atoms with Gasteiger partial charge in [-0.25, -0.2) is 0 Å². The highest BCUT2D eigenvalue weighted by Gasteiger charge is 2.08. The fourth-order valence-electron chi connectivity index (χ4n) is 1.86. The summed E-state index contributed by atoms with van der Waals surface area (Å²) in [5.41, 5.74) is 1.88. The molecule has 0 atom stereocenters. The minimum absolute atomic E-state index is 0.256. The molecule has 3 aromatic rings. The Morgan fingerprint density at radius 2 is 1.90 bits per heavy atom. The van der Waals surface area contributed by atoms with Crippen LogP contribution < -0.4 is 5.32 Å². The number of aromatic nitrogens is 3. The molecule has 20 heavy (non-hydrogen) atoms. The molecule has 0 saturated heterocycles. The smallest absolute Gasteiger partial charge is 0.272 e. The Labute approximate surface area is 115 Å². The minimum Gasteiger partial charge on any atom is -0.345 e. The first-order valence-corrected chi connectivity index (χ1v) is 6.23. The van der Waals surface area contributed by atoms with Crippen LogP contribution in [0.2, 0.25) is 0 Å². The largest absolute Gasteiger partial charge is 0.345 e. The maximum absolute atomic E-state index is 12.0. The van der Waals surface area contributed by atoms with Gasteiger partial charge in [0.15, 0.2) is 5.69 Å². The SMILES string of the molecule is O=C(NCc1ccccn1)c1cc2ccccc2nn1. The predicted octanol–water partition coefficient (Wildman–Crippen LogP) is 1.95. The average molecular weight is 264 g/mol. The van der Waals surface area contributed by atoms with E-state index in [4.69, 9.17) is 0 Å². The number of pyridine rings is 1. The topological polar surface area (TPSA) is 67.8 Å². The van der Waals surface area contributed by atoms with Crippen molar-refractivity contribution in [3.63, 3.8) is 0 Å². The van der Waals surface area contributed by atoms with Gasteiger partial charge >= 0.3 is 0 Å². The van der Waals surface area contributed by atoms with E-state index >= 15 is 0 Å². The average Bonchev–Trinajstić information content (AvgIpc) is 2.53. The molecule has 0 aliphatic heterocycles. The predicted molar refractivity (Wildman–Crippen MR) is 74.9 cm³/mol. The lowest BCUT2D eigenvalue weighted by Crippen LogP contribution is -2.24. The lowest BCUT2D eigenvalue weighted by atomic mass is 10.2. The standard InChI is InChI=1S/C15H12N4O/c20-15(17-10-12-6-3-4-8-16-12)14-9-11-5-1-2-7-13(11)18-19-14/h1-9H,10H2,(H,17,20). The fourth-order valence-corrected chi connectivity index (χ4v) is 1.86. The van der Waals surface area contributed by atoms with Gasteiger partial charge < -0.3 is 5.32 Å². The monoisotopic (exact) mass is 264 g/mol. The zero-order valence-corrected chi connectivity index (χ0v) is 10.7. The maximum atomic E-state index is 12.0. The van der Waals surface area contributed by atoms with Crippen LogP contribution in [0.4, 0.5) is 0 Å². The van der Waals surface area contributed by atoms with Gasteiger partial charge in [0.25, 0.3) is 5.91 Å². The summed E-state index contributed by atoms with van der Waals surface area (Å²) in [4.78, 5) is 16.2. The lowest BCUT2D eigenvalue weighted by molar-refractivity contribution is 0.0944. The molecule has 1 amide bonds. The molecule has 2 aromatic heterocycles. The summed E-state index contributed by atoms with van der Waals surface area (Å²) >= 11 is 0. The molecule has 0 unspecified atom stereocenters. The van der Waals surface area contributed by atoms with Crippen molar-refractivity contribution in [1.82, 2.24) is 20.5 Å². The zero-order chi connectivity index (χ0) is 13.8. The Kier molecular flexibility index (Phi) is 3.33. The van der Waals surface area contributed by atoms with Crippen molar-refractivity contribution in [3.05, 3.63) is 66.1 Å². The summed E-state index contributed by atoms with van der Waals surface area (Å²) in [5.74, 6) is -0.256. The first kappa shape index (κ1) is 12.2.